The Morgan fingerprint density at radius 3 is 2.35 bits per heavy atom. The topological polar surface area (TPSA) is 82.1 Å². The highest BCUT2D eigenvalue weighted by Crippen LogP contribution is 2.24. The Bertz CT molecular complexity index is 652. The number of carbonyl (C=O) groups excluding carboxylic acids is 3. The highest BCUT2D eigenvalue weighted by molar-refractivity contribution is 5.90. The zero-order chi connectivity index (χ0) is 19.3. The second-order valence-electron chi connectivity index (χ2n) is 7.05. The molecule has 7 heteroatoms. The molecule has 1 aliphatic rings. The van der Waals surface area contributed by atoms with Gasteiger partial charge in [-0.2, -0.15) is 0 Å². The van der Waals surface area contributed by atoms with Gasteiger partial charge in [0.25, 0.3) is 0 Å². The van der Waals surface area contributed by atoms with E-state index < -0.39 is 35.7 Å². The summed E-state index contributed by atoms with van der Waals surface area (Å²) < 4.78 is 15.9. The minimum atomic E-state index is -0.783. The molecule has 2 rings (SSSR count). The number of carbonyl (C=O) groups is 3. The van der Waals surface area contributed by atoms with E-state index in [0.717, 1.165) is 0 Å². The van der Waals surface area contributed by atoms with E-state index in [2.05, 4.69) is 0 Å². The summed E-state index contributed by atoms with van der Waals surface area (Å²) in [5.41, 5.74) is -0.277. The highest BCUT2D eigenvalue weighted by Gasteiger charge is 2.44. The van der Waals surface area contributed by atoms with Crippen LogP contribution in [-0.4, -0.2) is 54.3 Å². The lowest BCUT2D eigenvalue weighted by Crippen LogP contribution is -2.36. The van der Waals surface area contributed by atoms with Gasteiger partial charge in [-0.05, 0) is 39.8 Å². The van der Waals surface area contributed by atoms with Crippen molar-refractivity contribution in [3.63, 3.8) is 0 Å². The van der Waals surface area contributed by atoms with Crippen LogP contribution in [0.25, 0.3) is 0 Å². The SMILES string of the molecule is CCOC(=O)C1CN(C(=O)OC(C)(C)C)CC1OC(=O)c1ccccc1. The molecule has 7 nitrogen and oxygen atoms in total. The lowest BCUT2D eigenvalue weighted by atomic mass is 10.1. The molecule has 0 N–H and O–H groups in total. The molecule has 0 radical (unpaired) electrons. The molecule has 0 aliphatic carbocycles. The summed E-state index contributed by atoms with van der Waals surface area (Å²) in [6.07, 6.45) is -1.33. The predicted octanol–water partition coefficient (Wildman–Crippen LogP) is 2.64. The van der Waals surface area contributed by atoms with Gasteiger partial charge in [-0.1, -0.05) is 18.2 Å². The summed E-state index contributed by atoms with van der Waals surface area (Å²) in [5.74, 6) is -1.78. The van der Waals surface area contributed by atoms with E-state index >= 15 is 0 Å². The molecule has 1 fully saturated rings. The van der Waals surface area contributed by atoms with Gasteiger partial charge < -0.3 is 19.1 Å². The predicted molar refractivity (Wildman–Crippen MR) is 93.6 cm³/mol. The van der Waals surface area contributed by atoms with Crippen molar-refractivity contribution in [2.75, 3.05) is 19.7 Å². The third-order valence-corrected chi connectivity index (χ3v) is 3.78. The normalized spacial score (nSPS) is 19.8. The Morgan fingerprint density at radius 1 is 1.12 bits per heavy atom. The van der Waals surface area contributed by atoms with Crippen LogP contribution in [0.15, 0.2) is 30.3 Å². The van der Waals surface area contributed by atoms with Crippen LogP contribution in [0.2, 0.25) is 0 Å². The first-order chi connectivity index (χ1) is 12.2. The minimum absolute atomic E-state index is 0.0803. The van der Waals surface area contributed by atoms with Crippen molar-refractivity contribution in [2.45, 2.75) is 39.4 Å². The Morgan fingerprint density at radius 2 is 1.77 bits per heavy atom. The van der Waals surface area contributed by atoms with Crippen LogP contribution < -0.4 is 0 Å². The lowest BCUT2D eigenvalue weighted by molar-refractivity contribution is -0.150. The van der Waals surface area contributed by atoms with Gasteiger partial charge >= 0.3 is 18.0 Å². The second kappa shape index (κ2) is 8.21. The van der Waals surface area contributed by atoms with Crippen LogP contribution in [0.3, 0.4) is 0 Å². The van der Waals surface area contributed by atoms with Crippen molar-refractivity contribution in [1.82, 2.24) is 4.90 Å². The molecule has 1 aromatic rings. The number of hydrogen-bond donors (Lipinski definition) is 0. The van der Waals surface area contributed by atoms with E-state index in [0.29, 0.717) is 5.56 Å². The molecule has 142 valence electrons. The van der Waals surface area contributed by atoms with Gasteiger partial charge in [0.2, 0.25) is 0 Å². The molecule has 0 spiro atoms. The van der Waals surface area contributed by atoms with Crippen molar-refractivity contribution in [3.8, 4) is 0 Å². The molecule has 1 amide bonds. The second-order valence-corrected chi connectivity index (χ2v) is 7.05. The Hall–Kier alpha value is -2.57. The zero-order valence-corrected chi connectivity index (χ0v) is 15.6. The fourth-order valence-corrected chi connectivity index (χ4v) is 2.62. The van der Waals surface area contributed by atoms with Crippen LogP contribution in [0.1, 0.15) is 38.1 Å². The molecule has 2 unspecified atom stereocenters. The van der Waals surface area contributed by atoms with Gasteiger partial charge in [0.15, 0.2) is 0 Å². The standard InChI is InChI=1S/C19H25NO6/c1-5-24-17(22)14-11-20(18(23)26-19(2,3)4)12-15(14)25-16(21)13-9-7-6-8-10-13/h6-10,14-15H,5,11-12H2,1-4H3. The van der Waals surface area contributed by atoms with Crippen molar-refractivity contribution < 1.29 is 28.6 Å². The number of amides is 1. The molecule has 1 heterocycles. The van der Waals surface area contributed by atoms with Crippen molar-refractivity contribution in [2.24, 2.45) is 5.92 Å². The maximum atomic E-state index is 12.3. The number of benzene rings is 1. The molecule has 1 aliphatic heterocycles. The Labute approximate surface area is 153 Å². The summed E-state index contributed by atoms with van der Waals surface area (Å²) in [6.45, 7) is 7.35. The number of esters is 2. The lowest BCUT2D eigenvalue weighted by Gasteiger charge is -2.24. The van der Waals surface area contributed by atoms with Gasteiger partial charge in [0.1, 0.15) is 17.6 Å². The average Bonchev–Trinajstić information content (AvgIpc) is 2.98. The largest absolute Gasteiger partial charge is 0.466 e. The summed E-state index contributed by atoms with van der Waals surface area (Å²) in [5, 5.41) is 0. The maximum Gasteiger partial charge on any atom is 0.410 e. The Kier molecular flexibility index (Phi) is 6.23. The van der Waals surface area contributed by atoms with Gasteiger partial charge in [-0.25, -0.2) is 9.59 Å². The third kappa shape index (κ3) is 5.21. The van der Waals surface area contributed by atoms with Crippen molar-refractivity contribution >= 4 is 18.0 Å². The van der Waals surface area contributed by atoms with E-state index in [9.17, 15) is 14.4 Å². The first kappa shape index (κ1) is 19.8. The number of likely N-dealkylation sites (tertiary alicyclic amines) is 1. The van der Waals surface area contributed by atoms with Gasteiger partial charge in [-0.3, -0.25) is 4.79 Å². The van der Waals surface area contributed by atoms with Crippen molar-refractivity contribution in [3.05, 3.63) is 35.9 Å². The summed E-state index contributed by atoms with van der Waals surface area (Å²) in [7, 11) is 0. The van der Waals surface area contributed by atoms with Crippen LogP contribution in [0, 0.1) is 5.92 Å². The summed E-state index contributed by atoms with van der Waals surface area (Å²) in [4.78, 5) is 38.2. The molecular formula is C19H25NO6. The molecule has 0 aromatic heterocycles. The fraction of sp³-hybridized carbons (Fsp3) is 0.526. The van der Waals surface area contributed by atoms with Gasteiger partial charge in [0, 0.05) is 6.54 Å². The van der Waals surface area contributed by atoms with Crippen LogP contribution in [-0.2, 0) is 19.0 Å². The summed E-state index contributed by atoms with van der Waals surface area (Å²) >= 11 is 0. The highest BCUT2D eigenvalue weighted by atomic mass is 16.6. The van der Waals surface area contributed by atoms with E-state index in [1.807, 2.05) is 0 Å². The van der Waals surface area contributed by atoms with Crippen molar-refractivity contribution in [1.29, 1.82) is 0 Å². The minimum Gasteiger partial charge on any atom is -0.466 e. The van der Waals surface area contributed by atoms with Crippen LogP contribution in [0.5, 0.6) is 0 Å². The molecule has 26 heavy (non-hydrogen) atoms. The van der Waals surface area contributed by atoms with Crippen LogP contribution >= 0.6 is 0 Å². The zero-order valence-electron chi connectivity index (χ0n) is 15.6. The molecule has 0 saturated carbocycles. The van der Waals surface area contributed by atoms with Gasteiger partial charge in [-0.15, -0.1) is 0 Å². The van der Waals surface area contributed by atoms with E-state index in [1.54, 1.807) is 58.0 Å². The molecule has 1 saturated heterocycles. The average molecular weight is 363 g/mol. The van der Waals surface area contributed by atoms with Crippen LogP contribution in [0.4, 0.5) is 4.79 Å². The maximum absolute atomic E-state index is 12.3. The number of hydrogen-bond acceptors (Lipinski definition) is 6. The van der Waals surface area contributed by atoms with E-state index in [1.165, 1.54) is 4.90 Å². The monoisotopic (exact) mass is 363 g/mol. The fourth-order valence-electron chi connectivity index (χ4n) is 2.62. The molecule has 2 atom stereocenters. The van der Waals surface area contributed by atoms with Gasteiger partial charge in [0.05, 0.1) is 18.7 Å². The quantitative estimate of drug-likeness (QED) is 0.604. The number of nitrogens with zero attached hydrogens (tertiary/aromatic N) is 1. The first-order valence-corrected chi connectivity index (χ1v) is 8.62. The molecule has 0 bridgehead atoms. The number of rotatable bonds is 4. The Balaban J connectivity index is 2.11. The smallest absolute Gasteiger partial charge is 0.410 e. The number of ether oxygens (including phenoxy) is 3. The van der Waals surface area contributed by atoms with E-state index in [4.69, 9.17) is 14.2 Å². The van der Waals surface area contributed by atoms with E-state index in [-0.39, 0.29) is 19.7 Å². The molecular weight excluding hydrogens is 338 g/mol. The third-order valence-electron chi connectivity index (χ3n) is 3.78. The molecule has 1 aromatic carbocycles. The first-order valence-electron chi connectivity index (χ1n) is 8.62. The summed E-state index contributed by atoms with van der Waals surface area (Å²) in [6, 6.07) is 8.49.